The maximum Gasteiger partial charge on any atom is 0.233 e. The van der Waals surface area contributed by atoms with Gasteiger partial charge in [-0.25, -0.2) is 9.67 Å². The lowest BCUT2D eigenvalue weighted by Crippen LogP contribution is -2.04. The summed E-state index contributed by atoms with van der Waals surface area (Å²) in [6, 6.07) is 7.26. The van der Waals surface area contributed by atoms with E-state index in [4.69, 9.17) is 27.9 Å². The Bertz CT molecular complexity index is 768. The number of benzene rings is 1. The summed E-state index contributed by atoms with van der Waals surface area (Å²) in [5.41, 5.74) is 1.79. The lowest BCUT2D eigenvalue weighted by molar-refractivity contribution is 0.305. The number of aromatic amines is 1. The van der Waals surface area contributed by atoms with Gasteiger partial charge in [-0.15, -0.1) is 5.10 Å². The minimum atomic E-state index is 0.495. The molecular formula is C15H14Cl2N4O. The summed E-state index contributed by atoms with van der Waals surface area (Å²) in [6.45, 7) is 2.46. The Morgan fingerprint density at radius 1 is 1.23 bits per heavy atom. The fraction of sp³-hybridized carbons (Fsp3) is 0.200. The van der Waals surface area contributed by atoms with Crippen LogP contribution in [0.5, 0.6) is 5.88 Å². The summed E-state index contributed by atoms with van der Waals surface area (Å²) in [5, 5.41) is 5.45. The van der Waals surface area contributed by atoms with Gasteiger partial charge in [-0.3, -0.25) is 0 Å². The molecule has 0 fully saturated rings. The van der Waals surface area contributed by atoms with Gasteiger partial charge in [0.1, 0.15) is 5.82 Å². The number of hydrogen-bond acceptors (Lipinski definition) is 3. The van der Waals surface area contributed by atoms with E-state index in [9.17, 15) is 0 Å². The molecule has 2 heterocycles. The van der Waals surface area contributed by atoms with Crippen LogP contribution < -0.4 is 4.74 Å². The van der Waals surface area contributed by atoms with Crippen LogP contribution in [-0.4, -0.2) is 26.4 Å². The number of imidazole rings is 1. The normalized spacial score (nSPS) is 10.9. The molecule has 1 N–H and O–H groups in total. The first-order chi connectivity index (χ1) is 10.6. The lowest BCUT2D eigenvalue weighted by Gasteiger charge is -2.05. The van der Waals surface area contributed by atoms with Gasteiger partial charge in [-0.1, -0.05) is 23.2 Å². The van der Waals surface area contributed by atoms with Crippen molar-refractivity contribution in [2.75, 3.05) is 6.61 Å². The third-order valence-corrected chi connectivity index (χ3v) is 3.90. The molecule has 5 nitrogen and oxygen atoms in total. The number of H-pyrrole nitrogens is 1. The highest BCUT2D eigenvalue weighted by Crippen LogP contribution is 2.25. The van der Waals surface area contributed by atoms with Crippen molar-refractivity contribution in [3.05, 3.63) is 58.2 Å². The van der Waals surface area contributed by atoms with Crippen LogP contribution in [-0.2, 0) is 6.42 Å². The van der Waals surface area contributed by atoms with Crippen LogP contribution in [0.2, 0.25) is 10.0 Å². The molecule has 0 aliphatic rings. The summed E-state index contributed by atoms with van der Waals surface area (Å²) in [7, 11) is 0. The first-order valence-corrected chi connectivity index (χ1v) is 7.52. The van der Waals surface area contributed by atoms with E-state index in [2.05, 4.69) is 15.1 Å². The molecule has 2 aromatic heterocycles. The molecule has 114 valence electrons. The van der Waals surface area contributed by atoms with Crippen molar-refractivity contribution in [1.82, 2.24) is 19.7 Å². The van der Waals surface area contributed by atoms with Crippen molar-refractivity contribution >= 4 is 23.2 Å². The lowest BCUT2D eigenvalue weighted by atomic mass is 10.3. The van der Waals surface area contributed by atoms with Crippen molar-refractivity contribution in [3.63, 3.8) is 0 Å². The standard InChI is InChI=1S/C15H14Cl2N4O/c1-10-8-15(22-7-4-14-18-5-6-19-14)20-21(10)11-2-3-12(16)13(17)9-11/h2-3,5-6,8-9H,4,7H2,1H3,(H,18,19). The van der Waals surface area contributed by atoms with Gasteiger partial charge >= 0.3 is 0 Å². The van der Waals surface area contributed by atoms with E-state index in [-0.39, 0.29) is 0 Å². The Labute approximate surface area is 137 Å². The Morgan fingerprint density at radius 3 is 2.82 bits per heavy atom. The van der Waals surface area contributed by atoms with Gasteiger partial charge in [0.15, 0.2) is 0 Å². The zero-order valence-corrected chi connectivity index (χ0v) is 13.4. The molecule has 0 atom stereocenters. The van der Waals surface area contributed by atoms with Gasteiger partial charge in [0.25, 0.3) is 0 Å². The average molecular weight is 337 g/mol. The van der Waals surface area contributed by atoms with E-state index in [0.717, 1.165) is 17.2 Å². The molecule has 0 saturated carbocycles. The number of aromatic nitrogens is 4. The minimum Gasteiger partial charge on any atom is -0.476 e. The van der Waals surface area contributed by atoms with Gasteiger partial charge in [0.05, 0.1) is 22.3 Å². The molecule has 3 rings (SSSR count). The Kier molecular flexibility index (Phi) is 4.36. The molecule has 0 bridgehead atoms. The van der Waals surface area contributed by atoms with E-state index < -0.39 is 0 Å². The first-order valence-electron chi connectivity index (χ1n) is 6.76. The molecule has 0 amide bonds. The van der Waals surface area contributed by atoms with E-state index in [1.54, 1.807) is 29.2 Å². The fourth-order valence-electron chi connectivity index (χ4n) is 2.08. The van der Waals surface area contributed by atoms with E-state index in [1.807, 2.05) is 19.1 Å². The second kappa shape index (κ2) is 6.42. The number of halogens is 2. The van der Waals surface area contributed by atoms with Crippen LogP contribution in [0.1, 0.15) is 11.5 Å². The topological polar surface area (TPSA) is 55.7 Å². The van der Waals surface area contributed by atoms with Gasteiger partial charge in [-0.2, -0.15) is 0 Å². The predicted octanol–water partition coefficient (Wildman–Crippen LogP) is 3.83. The average Bonchev–Trinajstić information content (AvgIpc) is 3.12. The maximum atomic E-state index is 6.05. The first kappa shape index (κ1) is 14.9. The molecular weight excluding hydrogens is 323 g/mol. The smallest absolute Gasteiger partial charge is 0.233 e. The minimum absolute atomic E-state index is 0.495. The van der Waals surface area contributed by atoms with Crippen molar-refractivity contribution < 1.29 is 4.74 Å². The highest BCUT2D eigenvalue weighted by Gasteiger charge is 2.09. The molecule has 7 heteroatoms. The van der Waals surface area contributed by atoms with Crippen LogP contribution in [0.3, 0.4) is 0 Å². The van der Waals surface area contributed by atoms with Crippen molar-refractivity contribution in [2.45, 2.75) is 13.3 Å². The van der Waals surface area contributed by atoms with Crippen LogP contribution in [0.4, 0.5) is 0 Å². The molecule has 0 radical (unpaired) electrons. The second-order valence-corrected chi connectivity index (χ2v) is 5.58. The van der Waals surface area contributed by atoms with Crippen LogP contribution in [0.15, 0.2) is 36.7 Å². The molecule has 0 aliphatic carbocycles. The Morgan fingerprint density at radius 2 is 2.09 bits per heavy atom. The maximum absolute atomic E-state index is 6.05. The largest absolute Gasteiger partial charge is 0.476 e. The van der Waals surface area contributed by atoms with Crippen molar-refractivity contribution in [1.29, 1.82) is 0 Å². The number of rotatable bonds is 5. The van der Waals surface area contributed by atoms with E-state index in [0.29, 0.717) is 29.0 Å². The molecule has 0 aliphatic heterocycles. The highest BCUT2D eigenvalue weighted by molar-refractivity contribution is 6.42. The van der Waals surface area contributed by atoms with Crippen LogP contribution in [0.25, 0.3) is 5.69 Å². The summed E-state index contributed by atoms with van der Waals surface area (Å²) >= 11 is 12.0. The quantitative estimate of drug-likeness (QED) is 0.770. The van der Waals surface area contributed by atoms with Gasteiger partial charge in [-0.05, 0) is 25.1 Å². The highest BCUT2D eigenvalue weighted by atomic mass is 35.5. The summed E-state index contributed by atoms with van der Waals surface area (Å²) in [6.07, 6.45) is 4.21. The van der Waals surface area contributed by atoms with Crippen molar-refractivity contribution in [3.8, 4) is 11.6 Å². The van der Waals surface area contributed by atoms with Crippen LogP contribution in [0, 0.1) is 6.92 Å². The third-order valence-electron chi connectivity index (χ3n) is 3.16. The van der Waals surface area contributed by atoms with Crippen molar-refractivity contribution in [2.24, 2.45) is 0 Å². The number of ether oxygens (including phenoxy) is 1. The predicted molar refractivity (Wildman–Crippen MR) is 86.1 cm³/mol. The SMILES string of the molecule is Cc1cc(OCCc2ncc[nH]2)nn1-c1ccc(Cl)c(Cl)c1. The third kappa shape index (κ3) is 3.26. The number of nitrogens with zero attached hydrogens (tertiary/aromatic N) is 3. The number of nitrogens with one attached hydrogen (secondary N) is 1. The zero-order valence-electron chi connectivity index (χ0n) is 11.9. The van der Waals surface area contributed by atoms with Gasteiger partial charge in [0, 0.05) is 30.6 Å². The fourth-order valence-corrected chi connectivity index (χ4v) is 2.37. The summed E-state index contributed by atoms with van der Waals surface area (Å²) in [4.78, 5) is 7.18. The molecule has 22 heavy (non-hydrogen) atoms. The molecule has 0 saturated heterocycles. The molecule has 0 spiro atoms. The monoisotopic (exact) mass is 336 g/mol. The number of aryl methyl sites for hydroxylation is 1. The van der Waals surface area contributed by atoms with Gasteiger partial charge in [0.2, 0.25) is 5.88 Å². The molecule has 3 aromatic rings. The van der Waals surface area contributed by atoms with E-state index in [1.165, 1.54) is 0 Å². The Balaban J connectivity index is 1.71. The Hall–Kier alpha value is -1.98. The molecule has 1 aromatic carbocycles. The van der Waals surface area contributed by atoms with E-state index >= 15 is 0 Å². The summed E-state index contributed by atoms with van der Waals surface area (Å²) < 4.78 is 7.43. The number of hydrogen-bond donors (Lipinski definition) is 1. The zero-order chi connectivity index (χ0) is 15.5. The van der Waals surface area contributed by atoms with Gasteiger partial charge < -0.3 is 9.72 Å². The summed E-state index contributed by atoms with van der Waals surface area (Å²) in [5.74, 6) is 1.45. The van der Waals surface area contributed by atoms with Crippen LogP contribution >= 0.6 is 23.2 Å². The molecule has 0 unspecified atom stereocenters. The second-order valence-electron chi connectivity index (χ2n) is 4.77.